The molecular formula is C27H54Cl2O10S. The van der Waals surface area contributed by atoms with Gasteiger partial charge in [-0.3, -0.25) is 14.4 Å². The van der Waals surface area contributed by atoms with Crippen molar-refractivity contribution in [1.82, 2.24) is 0 Å². The van der Waals surface area contributed by atoms with Crippen LogP contribution in [-0.4, -0.2) is 68.1 Å². The first-order valence-corrected chi connectivity index (χ1v) is 15.8. The van der Waals surface area contributed by atoms with Crippen molar-refractivity contribution in [3.05, 3.63) is 0 Å². The number of carbonyl (C=O) groups is 4. The molecule has 10 nitrogen and oxygen atoms in total. The molecule has 242 valence electrons. The van der Waals surface area contributed by atoms with E-state index in [1.54, 1.807) is 27.7 Å². The lowest BCUT2D eigenvalue weighted by Gasteiger charge is -2.22. The largest absolute Gasteiger partial charge is 0.481 e. The van der Waals surface area contributed by atoms with E-state index >= 15 is 0 Å². The van der Waals surface area contributed by atoms with Crippen LogP contribution >= 0.6 is 21.4 Å². The van der Waals surface area contributed by atoms with Crippen LogP contribution in [0.2, 0.25) is 0 Å². The number of Topliss-reactive ketones (excluding diaryl/α,β-unsaturated/α-hetero) is 1. The van der Waals surface area contributed by atoms with Crippen LogP contribution in [0.25, 0.3) is 0 Å². The van der Waals surface area contributed by atoms with Crippen molar-refractivity contribution in [2.45, 2.75) is 114 Å². The van der Waals surface area contributed by atoms with Gasteiger partial charge in [0, 0.05) is 41.0 Å². The summed E-state index contributed by atoms with van der Waals surface area (Å²) in [5.74, 6) is -2.05. The maximum Gasteiger partial charge on any atom is 0.306 e. The van der Waals surface area contributed by atoms with Crippen LogP contribution in [-0.2, 0) is 33.1 Å². The molecule has 0 aliphatic heterocycles. The molecule has 0 spiro atoms. The topological polar surface area (TPSA) is 176 Å². The first-order chi connectivity index (χ1) is 18.0. The second-order valence-corrected chi connectivity index (χ2v) is 13.7. The van der Waals surface area contributed by atoms with E-state index in [0.29, 0.717) is 31.5 Å². The minimum absolute atomic E-state index is 0.106. The van der Waals surface area contributed by atoms with Gasteiger partial charge in [-0.15, -0.1) is 0 Å². The second-order valence-electron chi connectivity index (χ2n) is 11.2. The molecule has 40 heavy (non-hydrogen) atoms. The Hall–Kier alpha value is -1.27. The first kappa shape index (κ1) is 48.5. The lowest BCUT2D eigenvalue weighted by molar-refractivity contribution is -0.146. The number of aliphatic hydroxyl groups excluding tert-OH is 2. The molecule has 0 amide bonds. The molecule has 13 heteroatoms. The van der Waals surface area contributed by atoms with Crippen molar-refractivity contribution in [3.8, 4) is 0 Å². The lowest BCUT2D eigenvalue weighted by Crippen LogP contribution is -2.21. The second kappa shape index (κ2) is 27.9. The van der Waals surface area contributed by atoms with Crippen LogP contribution in [0, 0.1) is 16.2 Å². The average molecular weight is 642 g/mol. The minimum Gasteiger partial charge on any atom is -0.481 e. The fourth-order valence-corrected chi connectivity index (χ4v) is 3.32. The van der Waals surface area contributed by atoms with Crippen molar-refractivity contribution in [2.24, 2.45) is 16.2 Å². The molecule has 0 bridgehead atoms. The number of carboxylic acids is 2. The SMILES string of the molecule is CC(C)(CC(=O)O)CC(=O)O.CCCC(C)(C)CCO.CCO.CCOC(=O)CC(C)(C)CC(C)=O.O=S(Cl)Cl. The Morgan fingerprint density at radius 2 is 1.07 bits per heavy atom. The predicted molar refractivity (Wildman–Crippen MR) is 162 cm³/mol. The number of carbonyl (C=O) groups excluding carboxylic acids is 2. The molecule has 0 fully saturated rings. The highest BCUT2D eigenvalue weighted by atomic mass is 36.0. The summed E-state index contributed by atoms with van der Waals surface area (Å²) in [5, 5.41) is 32.9. The molecule has 0 saturated carbocycles. The van der Waals surface area contributed by atoms with Gasteiger partial charge in [-0.25, -0.2) is 4.21 Å². The number of hydrogen-bond acceptors (Lipinski definition) is 8. The number of halogens is 2. The Morgan fingerprint density at radius 1 is 0.725 bits per heavy atom. The number of esters is 1. The van der Waals surface area contributed by atoms with E-state index in [1.807, 2.05) is 13.8 Å². The molecular weight excluding hydrogens is 587 g/mol. The van der Waals surface area contributed by atoms with E-state index in [2.05, 4.69) is 42.1 Å². The van der Waals surface area contributed by atoms with Gasteiger partial charge in [-0.05, 0) is 49.9 Å². The minimum atomic E-state index is -1.67. The molecule has 0 saturated heterocycles. The zero-order valence-electron chi connectivity index (χ0n) is 26.0. The molecule has 0 unspecified atom stereocenters. The third-order valence-corrected chi connectivity index (χ3v) is 4.63. The van der Waals surface area contributed by atoms with E-state index in [4.69, 9.17) is 29.4 Å². The Morgan fingerprint density at radius 3 is 1.32 bits per heavy atom. The van der Waals surface area contributed by atoms with Crippen molar-refractivity contribution < 1.29 is 48.6 Å². The van der Waals surface area contributed by atoms with Gasteiger partial charge in [0.2, 0.25) is 9.23 Å². The zero-order chi connectivity index (χ0) is 33.2. The number of rotatable bonds is 13. The summed E-state index contributed by atoms with van der Waals surface area (Å²) < 4.78 is 13.9. The van der Waals surface area contributed by atoms with E-state index in [0.717, 1.165) is 6.42 Å². The van der Waals surface area contributed by atoms with Crippen molar-refractivity contribution >= 4 is 54.3 Å². The van der Waals surface area contributed by atoms with Crippen molar-refractivity contribution in [3.63, 3.8) is 0 Å². The maximum atomic E-state index is 11.1. The third kappa shape index (κ3) is 53.1. The number of ether oxygens (including phenoxy) is 1. The summed E-state index contributed by atoms with van der Waals surface area (Å²) in [6.07, 6.45) is 3.87. The summed E-state index contributed by atoms with van der Waals surface area (Å²) >= 11 is 0. The number of carboxylic acid groups (broad SMARTS) is 2. The van der Waals surface area contributed by atoms with E-state index < -0.39 is 26.6 Å². The number of ketones is 1. The standard InChI is InChI=1S/C10H18O3.C8H18O.C7H12O4.C2H6O.Cl2OS/c1-5-13-9(12)7-10(3,4)6-8(2)11;1-4-5-8(2,3)6-7-9;1-7(2,3-5(8)9)4-6(10)11;1-2-3;1-4(2)3/h5-7H2,1-4H3;9H,4-7H2,1-3H3;3-4H2,1-2H3,(H,8,9)(H,10,11);3H,2H2,1H3;. The van der Waals surface area contributed by atoms with Gasteiger partial charge in [0.1, 0.15) is 5.78 Å². The van der Waals surface area contributed by atoms with Gasteiger partial charge in [0.15, 0.2) is 0 Å². The van der Waals surface area contributed by atoms with Crippen LogP contribution in [0.4, 0.5) is 0 Å². The first-order valence-electron chi connectivity index (χ1n) is 13.0. The van der Waals surface area contributed by atoms with Crippen molar-refractivity contribution in [2.75, 3.05) is 19.8 Å². The van der Waals surface area contributed by atoms with Gasteiger partial charge in [0.25, 0.3) is 0 Å². The molecule has 0 aliphatic rings. The molecule has 0 heterocycles. The van der Waals surface area contributed by atoms with Crippen molar-refractivity contribution in [1.29, 1.82) is 0 Å². The third-order valence-electron chi connectivity index (χ3n) is 4.63. The quantitative estimate of drug-likeness (QED) is 0.135. The normalized spacial score (nSPS) is 10.7. The van der Waals surface area contributed by atoms with Gasteiger partial charge in [0.05, 0.1) is 25.9 Å². The van der Waals surface area contributed by atoms with Gasteiger partial charge in [-0.2, -0.15) is 0 Å². The molecule has 0 rings (SSSR count). The summed E-state index contributed by atoms with van der Waals surface area (Å²) in [7, 11) is 7.36. The molecule has 0 radical (unpaired) electrons. The van der Waals surface area contributed by atoms with E-state index in [-0.39, 0.29) is 36.6 Å². The molecule has 0 atom stereocenters. The highest BCUT2D eigenvalue weighted by Gasteiger charge is 2.25. The average Bonchev–Trinajstić information content (AvgIpc) is 2.65. The van der Waals surface area contributed by atoms with E-state index in [9.17, 15) is 19.2 Å². The molecule has 0 aromatic carbocycles. The Labute approximate surface area is 252 Å². The molecule has 0 aromatic heterocycles. The predicted octanol–water partition coefficient (Wildman–Crippen LogP) is 6.14. The van der Waals surface area contributed by atoms with Gasteiger partial charge in [-0.1, -0.05) is 54.9 Å². The molecule has 0 aliphatic carbocycles. The summed E-state index contributed by atoms with van der Waals surface area (Å²) in [4.78, 5) is 42.4. The maximum absolute atomic E-state index is 11.1. The fourth-order valence-electron chi connectivity index (χ4n) is 3.32. The van der Waals surface area contributed by atoms with Crippen LogP contribution in [0.15, 0.2) is 0 Å². The monoisotopic (exact) mass is 640 g/mol. The summed E-state index contributed by atoms with van der Waals surface area (Å²) in [6, 6.07) is 0. The number of aliphatic hydroxyl groups is 2. The highest BCUT2D eigenvalue weighted by molar-refractivity contribution is 8.26. The van der Waals surface area contributed by atoms with E-state index in [1.165, 1.54) is 19.8 Å². The molecule has 0 aromatic rings. The number of hydrogen-bond donors (Lipinski definition) is 4. The Bertz CT molecular complexity index is 681. The van der Waals surface area contributed by atoms with Crippen LogP contribution in [0.3, 0.4) is 0 Å². The Balaban J connectivity index is -0.000000138. The van der Waals surface area contributed by atoms with Crippen LogP contribution in [0.1, 0.15) is 114 Å². The van der Waals surface area contributed by atoms with Crippen LogP contribution < -0.4 is 0 Å². The smallest absolute Gasteiger partial charge is 0.306 e. The lowest BCUT2D eigenvalue weighted by atomic mass is 9.84. The van der Waals surface area contributed by atoms with Gasteiger partial charge >= 0.3 is 17.9 Å². The Kier molecular flexibility index (Phi) is 33.8. The molecule has 4 N–H and O–H groups in total. The highest BCUT2D eigenvalue weighted by Crippen LogP contribution is 2.26. The fraction of sp³-hybridized carbons (Fsp3) is 0.852. The van der Waals surface area contributed by atoms with Gasteiger partial charge < -0.3 is 30.0 Å². The van der Waals surface area contributed by atoms with Crippen LogP contribution in [0.5, 0.6) is 0 Å². The number of aliphatic carboxylic acids is 2. The zero-order valence-corrected chi connectivity index (χ0v) is 28.3. The summed E-state index contributed by atoms with van der Waals surface area (Å²) in [5.41, 5.74) is -0.584. The summed E-state index contributed by atoms with van der Waals surface area (Å²) in [6.45, 7) is 19.6.